The van der Waals surface area contributed by atoms with Crippen LogP contribution >= 0.6 is 11.6 Å². The lowest BCUT2D eigenvalue weighted by Crippen LogP contribution is -2.39. The molecule has 3 rings (SSSR count). The van der Waals surface area contributed by atoms with Crippen molar-refractivity contribution in [3.63, 3.8) is 0 Å². The minimum Gasteiger partial charge on any atom is -0.312 e. The first-order chi connectivity index (χ1) is 12.9. The molecule has 27 heavy (non-hydrogen) atoms. The van der Waals surface area contributed by atoms with E-state index in [0.717, 1.165) is 36.2 Å². The topological polar surface area (TPSA) is 40.6 Å². The number of amides is 2. The van der Waals surface area contributed by atoms with Crippen LogP contribution in [0.4, 0.5) is 11.4 Å². The van der Waals surface area contributed by atoms with Crippen molar-refractivity contribution in [1.82, 2.24) is 0 Å². The maximum Gasteiger partial charge on any atom is 0.228 e. The largest absolute Gasteiger partial charge is 0.312 e. The molecule has 0 aromatic heterocycles. The molecule has 0 saturated carbocycles. The maximum absolute atomic E-state index is 12.9. The third kappa shape index (κ3) is 4.16. The van der Waals surface area contributed by atoms with E-state index < -0.39 is 0 Å². The Labute approximate surface area is 165 Å². The predicted octanol–water partition coefficient (Wildman–Crippen LogP) is 4.68. The first-order valence-electron chi connectivity index (χ1n) is 9.31. The molecule has 2 amide bonds. The molecule has 0 radical (unpaired) electrons. The summed E-state index contributed by atoms with van der Waals surface area (Å²) in [5.74, 6) is -0.0787. The van der Waals surface area contributed by atoms with Gasteiger partial charge in [-0.15, -0.1) is 0 Å². The molecular formula is C22H25ClN2O2. The molecular weight excluding hydrogens is 360 g/mol. The summed E-state index contributed by atoms with van der Waals surface area (Å²) in [6.45, 7) is 6.46. The van der Waals surface area contributed by atoms with E-state index in [1.807, 2.05) is 49.1 Å². The molecule has 0 saturated heterocycles. The quantitative estimate of drug-likeness (QED) is 0.767. The SMILES string of the molecule is CC(=O)N(CCC(=O)N1CCCc2ccccc21)c1c(C)cc(C)cc1Cl. The minimum atomic E-state index is -0.115. The highest BCUT2D eigenvalue weighted by Gasteiger charge is 2.24. The normalized spacial score (nSPS) is 13.3. The smallest absolute Gasteiger partial charge is 0.228 e. The van der Waals surface area contributed by atoms with E-state index in [1.165, 1.54) is 12.5 Å². The van der Waals surface area contributed by atoms with E-state index in [1.54, 1.807) is 4.90 Å². The van der Waals surface area contributed by atoms with Crippen LogP contribution < -0.4 is 9.80 Å². The van der Waals surface area contributed by atoms with Crippen LogP contribution in [0.1, 0.15) is 36.5 Å². The molecule has 1 aliphatic heterocycles. The predicted molar refractivity (Wildman–Crippen MR) is 111 cm³/mol. The number of nitrogens with zero attached hydrogens (tertiary/aromatic N) is 2. The molecule has 0 unspecified atom stereocenters. The van der Waals surface area contributed by atoms with Gasteiger partial charge in [-0.1, -0.05) is 35.9 Å². The number of halogens is 1. The molecule has 0 bridgehead atoms. The fraction of sp³-hybridized carbons (Fsp3) is 0.364. The van der Waals surface area contributed by atoms with Gasteiger partial charge in [0.25, 0.3) is 0 Å². The van der Waals surface area contributed by atoms with Crippen LogP contribution in [0.5, 0.6) is 0 Å². The van der Waals surface area contributed by atoms with Gasteiger partial charge in [-0.05, 0) is 55.5 Å². The van der Waals surface area contributed by atoms with Gasteiger partial charge in [-0.25, -0.2) is 0 Å². The second kappa shape index (κ2) is 8.13. The Balaban J connectivity index is 1.78. The summed E-state index contributed by atoms with van der Waals surface area (Å²) in [4.78, 5) is 28.6. The number of carbonyl (C=O) groups is 2. The van der Waals surface area contributed by atoms with Crippen molar-refractivity contribution in [3.8, 4) is 0 Å². The molecule has 0 spiro atoms. The van der Waals surface area contributed by atoms with Crippen LogP contribution in [-0.4, -0.2) is 24.9 Å². The Morgan fingerprint density at radius 1 is 1.19 bits per heavy atom. The van der Waals surface area contributed by atoms with Gasteiger partial charge in [0.2, 0.25) is 11.8 Å². The molecule has 0 aliphatic carbocycles. The van der Waals surface area contributed by atoms with Gasteiger partial charge in [0, 0.05) is 32.1 Å². The third-order valence-electron chi connectivity index (χ3n) is 5.01. The number of hydrogen-bond donors (Lipinski definition) is 0. The molecule has 0 N–H and O–H groups in total. The van der Waals surface area contributed by atoms with E-state index >= 15 is 0 Å². The molecule has 1 aliphatic rings. The van der Waals surface area contributed by atoms with Gasteiger partial charge in [-0.3, -0.25) is 9.59 Å². The number of hydrogen-bond acceptors (Lipinski definition) is 2. The fourth-order valence-corrected chi connectivity index (χ4v) is 4.23. The van der Waals surface area contributed by atoms with Crippen LogP contribution in [0.15, 0.2) is 36.4 Å². The van der Waals surface area contributed by atoms with Crippen molar-refractivity contribution in [2.75, 3.05) is 22.9 Å². The summed E-state index contributed by atoms with van der Waals surface area (Å²) in [7, 11) is 0. The van der Waals surface area contributed by atoms with Crippen molar-refractivity contribution in [2.24, 2.45) is 0 Å². The van der Waals surface area contributed by atoms with Crippen molar-refractivity contribution in [3.05, 3.63) is 58.1 Å². The fourth-order valence-electron chi connectivity index (χ4n) is 3.81. The number of para-hydroxylation sites is 1. The highest BCUT2D eigenvalue weighted by Crippen LogP contribution is 2.32. The Kier molecular flexibility index (Phi) is 5.85. The second-order valence-corrected chi connectivity index (χ2v) is 7.52. The van der Waals surface area contributed by atoms with Crippen LogP contribution in [0.25, 0.3) is 0 Å². The summed E-state index contributed by atoms with van der Waals surface area (Å²) in [6.07, 6.45) is 2.22. The number of anilines is 2. The van der Waals surface area contributed by atoms with Crippen LogP contribution in [0.3, 0.4) is 0 Å². The first-order valence-corrected chi connectivity index (χ1v) is 9.69. The first kappa shape index (κ1) is 19.4. The van der Waals surface area contributed by atoms with E-state index in [-0.39, 0.29) is 18.2 Å². The minimum absolute atomic E-state index is 0.0364. The summed E-state index contributed by atoms with van der Waals surface area (Å²) in [6, 6.07) is 11.9. The monoisotopic (exact) mass is 384 g/mol. The van der Waals surface area contributed by atoms with Crippen LogP contribution in [-0.2, 0) is 16.0 Å². The number of carbonyl (C=O) groups excluding carboxylic acids is 2. The van der Waals surface area contributed by atoms with Gasteiger partial charge in [0.05, 0.1) is 10.7 Å². The van der Waals surface area contributed by atoms with Gasteiger partial charge >= 0.3 is 0 Å². The van der Waals surface area contributed by atoms with Crippen LogP contribution in [0, 0.1) is 13.8 Å². The number of fused-ring (bicyclic) bond motifs is 1. The van der Waals surface area contributed by atoms with Gasteiger partial charge in [0.1, 0.15) is 0 Å². The zero-order valence-corrected chi connectivity index (χ0v) is 16.8. The molecule has 2 aromatic carbocycles. The zero-order chi connectivity index (χ0) is 19.6. The second-order valence-electron chi connectivity index (χ2n) is 7.11. The van der Waals surface area contributed by atoms with Gasteiger partial charge < -0.3 is 9.80 Å². The Bertz CT molecular complexity index is 855. The van der Waals surface area contributed by atoms with Crippen molar-refractivity contribution < 1.29 is 9.59 Å². The average Bonchev–Trinajstić information content (AvgIpc) is 2.62. The number of benzene rings is 2. The van der Waals surface area contributed by atoms with Gasteiger partial charge in [0.15, 0.2) is 0 Å². The summed E-state index contributed by atoms with van der Waals surface area (Å²) < 4.78 is 0. The van der Waals surface area contributed by atoms with E-state index in [2.05, 4.69) is 6.07 Å². The molecule has 142 valence electrons. The Morgan fingerprint density at radius 3 is 2.63 bits per heavy atom. The molecule has 5 heteroatoms. The molecule has 0 fully saturated rings. The highest BCUT2D eigenvalue weighted by molar-refractivity contribution is 6.34. The number of aryl methyl sites for hydroxylation is 3. The summed E-state index contributed by atoms with van der Waals surface area (Å²) >= 11 is 6.42. The van der Waals surface area contributed by atoms with E-state index in [0.29, 0.717) is 17.3 Å². The molecule has 2 aromatic rings. The molecule has 4 nitrogen and oxygen atoms in total. The lowest BCUT2D eigenvalue weighted by atomic mass is 10.0. The average molecular weight is 385 g/mol. The van der Waals surface area contributed by atoms with Gasteiger partial charge in [-0.2, -0.15) is 0 Å². The Morgan fingerprint density at radius 2 is 1.93 bits per heavy atom. The lowest BCUT2D eigenvalue weighted by Gasteiger charge is -2.31. The maximum atomic E-state index is 12.9. The highest BCUT2D eigenvalue weighted by atomic mass is 35.5. The number of rotatable bonds is 4. The van der Waals surface area contributed by atoms with Crippen LogP contribution in [0.2, 0.25) is 5.02 Å². The van der Waals surface area contributed by atoms with Crippen molar-refractivity contribution in [2.45, 2.75) is 40.0 Å². The van der Waals surface area contributed by atoms with Crippen molar-refractivity contribution in [1.29, 1.82) is 0 Å². The third-order valence-corrected chi connectivity index (χ3v) is 5.30. The molecule has 1 heterocycles. The molecule has 0 atom stereocenters. The van der Waals surface area contributed by atoms with E-state index in [4.69, 9.17) is 11.6 Å². The van der Waals surface area contributed by atoms with Crippen molar-refractivity contribution >= 4 is 34.8 Å². The lowest BCUT2D eigenvalue weighted by molar-refractivity contribution is -0.118. The van der Waals surface area contributed by atoms with E-state index in [9.17, 15) is 9.59 Å². The summed E-state index contributed by atoms with van der Waals surface area (Å²) in [5.41, 5.74) is 4.88. The standard InChI is InChI=1S/C22H25ClN2O2/c1-15-13-16(2)22(19(23)14-15)24(17(3)26)12-10-21(27)25-11-6-8-18-7-4-5-9-20(18)25/h4-5,7,9,13-14H,6,8,10-12H2,1-3H3. The Hall–Kier alpha value is -2.33. The zero-order valence-electron chi connectivity index (χ0n) is 16.1. The summed E-state index contributed by atoms with van der Waals surface area (Å²) in [5, 5.41) is 0.540.